The fourth-order valence-electron chi connectivity index (χ4n) is 2.22. The number of β-amino-alcohol motifs (C(OH)–C–C–N with tert-alkyl or cyclic N) is 1. The van der Waals surface area contributed by atoms with E-state index in [9.17, 15) is 5.11 Å². The minimum atomic E-state index is -0.519. The Bertz CT molecular complexity index is 321. The summed E-state index contributed by atoms with van der Waals surface area (Å²) in [6.07, 6.45) is 0. The average molecular weight is 205 g/mol. The van der Waals surface area contributed by atoms with Crippen molar-refractivity contribution in [2.24, 2.45) is 5.92 Å². The first-order valence-electron chi connectivity index (χ1n) is 5.56. The summed E-state index contributed by atoms with van der Waals surface area (Å²) in [6, 6.07) is 10.4. The summed E-state index contributed by atoms with van der Waals surface area (Å²) in [5.74, 6) is 0.362. The summed E-state index contributed by atoms with van der Waals surface area (Å²) >= 11 is 0. The molecule has 1 aromatic rings. The second-order valence-corrected chi connectivity index (χ2v) is 4.91. The molecule has 2 heteroatoms. The van der Waals surface area contributed by atoms with Gasteiger partial charge in [0.15, 0.2) is 0 Å². The standard InChI is InChI=1S/C13H19NO/c1-11-8-14(10-13(11,2)15)9-12-6-4-3-5-7-12/h3-7,11,15H,8-10H2,1-2H3. The highest BCUT2D eigenvalue weighted by Crippen LogP contribution is 2.27. The van der Waals surface area contributed by atoms with E-state index in [1.165, 1.54) is 5.56 Å². The zero-order valence-electron chi connectivity index (χ0n) is 9.48. The van der Waals surface area contributed by atoms with Gasteiger partial charge in [0, 0.05) is 19.6 Å². The minimum Gasteiger partial charge on any atom is -0.389 e. The number of nitrogens with zero attached hydrogens (tertiary/aromatic N) is 1. The van der Waals surface area contributed by atoms with Crippen LogP contribution in [0.4, 0.5) is 0 Å². The van der Waals surface area contributed by atoms with Crippen molar-refractivity contribution in [1.29, 1.82) is 0 Å². The van der Waals surface area contributed by atoms with Gasteiger partial charge in [-0.3, -0.25) is 4.90 Å². The molecule has 0 saturated carbocycles. The third-order valence-electron chi connectivity index (χ3n) is 3.39. The van der Waals surface area contributed by atoms with E-state index >= 15 is 0 Å². The first-order valence-corrected chi connectivity index (χ1v) is 5.56. The first kappa shape index (κ1) is 10.7. The maximum atomic E-state index is 10.1. The number of rotatable bonds is 2. The van der Waals surface area contributed by atoms with Gasteiger partial charge in [-0.05, 0) is 18.4 Å². The van der Waals surface area contributed by atoms with Gasteiger partial charge in [0.1, 0.15) is 0 Å². The molecule has 2 nitrogen and oxygen atoms in total. The predicted octanol–water partition coefficient (Wildman–Crippen LogP) is 1.89. The van der Waals surface area contributed by atoms with Crippen molar-refractivity contribution in [3.8, 4) is 0 Å². The molecule has 1 aromatic carbocycles. The summed E-state index contributed by atoms with van der Waals surface area (Å²) in [6.45, 7) is 6.76. The second-order valence-electron chi connectivity index (χ2n) is 4.91. The topological polar surface area (TPSA) is 23.5 Å². The lowest BCUT2D eigenvalue weighted by molar-refractivity contribution is 0.0364. The summed E-state index contributed by atoms with van der Waals surface area (Å²) in [5, 5.41) is 10.1. The van der Waals surface area contributed by atoms with E-state index in [0.717, 1.165) is 19.6 Å². The fraction of sp³-hybridized carbons (Fsp3) is 0.538. The number of likely N-dealkylation sites (tertiary alicyclic amines) is 1. The van der Waals surface area contributed by atoms with Gasteiger partial charge in [-0.25, -0.2) is 0 Å². The maximum Gasteiger partial charge on any atom is 0.0783 e. The summed E-state index contributed by atoms with van der Waals surface area (Å²) in [5.41, 5.74) is 0.803. The summed E-state index contributed by atoms with van der Waals surface area (Å²) < 4.78 is 0. The monoisotopic (exact) mass is 205 g/mol. The molecule has 82 valence electrons. The van der Waals surface area contributed by atoms with Crippen molar-refractivity contribution >= 4 is 0 Å². The highest BCUT2D eigenvalue weighted by molar-refractivity contribution is 5.15. The van der Waals surface area contributed by atoms with E-state index in [4.69, 9.17) is 0 Å². The molecule has 2 rings (SSSR count). The lowest BCUT2D eigenvalue weighted by atomic mass is 9.95. The Balaban J connectivity index is 1.99. The van der Waals surface area contributed by atoms with Gasteiger partial charge >= 0.3 is 0 Å². The highest BCUT2D eigenvalue weighted by Gasteiger charge is 2.37. The smallest absolute Gasteiger partial charge is 0.0783 e. The Labute approximate surface area is 91.5 Å². The quantitative estimate of drug-likeness (QED) is 0.797. The number of benzene rings is 1. The predicted molar refractivity (Wildman–Crippen MR) is 61.5 cm³/mol. The SMILES string of the molecule is CC1CN(Cc2ccccc2)CC1(C)O. The molecule has 2 unspecified atom stereocenters. The van der Waals surface area contributed by atoms with Crippen LogP contribution in [0.15, 0.2) is 30.3 Å². The van der Waals surface area contributed by atoms with Crippen LogP contribution < -0.4 is 0 Å². The normalized spacial score (nSPS) is 32.1. The molecule has 1 aliphatic heterocycles. The molecule has 1 saturated heterocycles. The zero-order valence-corrected chi connectivity index (χ0v) is 9.48. The van der Waals surface area contributed by atoms with E-state index in [1.54, 1.807) is 0 Å². The van der Waals surface area contributed by atoms with Crippen molar-refractivity contribution in [3.05, 3.63) is 35.9 Å². The van der Waals surface area contributed by atoms with Crippen molar-refractivity contribution < 1.29 is 5.11 Å². The second kappa shape index (κ2) is 3.95. The minimum absolute atomic E-state index is 0.362. The Morgan fingerprint density at radius 1 is 1.40 bits per heavy atom. The van der Waals surface area contributed by atoms with E-state index in [2.05, 4.69) is 36.1 Å². The molecule has 1 N–H and O–H groups in total. The van der Waals surface area contributed by atoms with Gasteiger partial charge in [-0.2, -0.15) is 0 Å². The van der Waals surface area contributed by atoms with Crippen LogP contribution in [0.1, 0.15) is 19.4 Å². The molecule has 0 aromatic heterocycles. The lowest BCUT2D eigenvalue weighted by Gasteiger charge is -2.20. The van der Waals surface area contributed by atoms with Crippen LogP contribution in [0.25, 0.3) is 0 Å². The molecule has 0 bridgehead atoms. The lowest BCUT2D eigenvalue weighted by Crippen LogP contribution is -2.32. The van der Waals surface area contributed by atoms with E-state index in [1.807, 2.05) is 13.0 Å². The average Bonchev–Trinajstić information content (AvgIpc) is 2.42. The highest BCUT2D eigenvalue weighted by atomic mass is 16.3. The third kappa shape index (κ3) is 2.39. The van der Waals surface area contributed by atoms with Crippen LogP contribution in [0.3, 0.4) is 0 Å². The van der Waals surface area contributed by atoms with Gasteiger partial charge < -0.3 is 5.11 Å². The van der Waals surface area contributed by atoms with Gasteiger partial charge in [0.05, 0.1) is 5.60 Å². The molecule has 0 aliphatic carbocycles. The molecule has 1 fully saturated rings. The van der Waals surface area contributed by atoms with Crippen molar-refractivity contribution in [2.45, 2.75) is 26.0 Å². The largest absolute Gasteiger partial charge is 0.389 e. The van der Waals surface area contributed by atoms with Gasteiger partial charge in [0.2, 0.25) is 0 Å². The zero-order chi connectivity index (χ0) is 10.9. The Kier molecular flexibility index (Phi) is 2.81. The van der Waals surface area contributed by atoms with Crippen LogP contribution >= 0.6 is 0 Å². The van der Waals surface area contributed by atoms with Gasteiger partial charge in [0.25, 0.3) is 0 Å². The molecule has 0 radical (unpaired) electrons. The van der Waals surface area contributed by atoms with Crippen molar-refractivity contribution in [1.82, 2.24) is 4.90 Å². The maximum absolute atomic E-state index is 10.1. The molecule has 0 spiro atoms. The van der Waals surface area contributed by atoms with Gasteiger partial charge in [-0.15, -0.1) is 0 Å². The fourth-order valence-corrected chi connectivity index (χ4v) is 2.22. The van der Waals surface area contributed by atoms with Gasteiger partial charge in [-0.1, -0.05) is 37.3 Å². The molecule has 1 heterocycles. The summed E-state index contributed by atoms with van der Waals surface area (Å²) in [4.78, 5) is 2.32. The third-order valence-corrected chi connectivity index (χ3v) is 3.39. The first-order chi connectivity index (χ1) is 7.08. The number of hydrogen-bond donors (Lipinski definition) is 1. The summed E-state index contributed by atoms with van der Waals surface area (Å²) in [7, 11) is 0. The Hall–Kier alpha value is -0.860. The van der Waals surface area contributed by atoms with Crippen molar-refractivity contribution in [3.63, 3.8) is 0 Å². The van der Waals surface area contributed by atoms with Crippen LogP contribution in [0, 0.1) is 5.92 Å². The van der Waals surface area contributed by atoms with Crippen molar-refractivity contribution in [2.75, 3.05) is 13.1 Å². The number of hydrogen-bond acceptors (Lipinski definition) is 2. The van der Waals surface area contributed by atoms with Crippen LogP contribution in [0.5, 0.6) is 0 Å². The van der Waals surface area contributed by atoms with E-state index in [0.29, 0.717) is 5.92 Å². The number of aliphatic hydroxyl groups is 1. The van der Waals surface area contributed by atoms with E-state index < -0.39 is 5.60 Å². The van der Waals surface area contributed by atoms with Crippen LogP contribution in [0.2, 0.25) is 0 Å². The molecular formula is C13H19NO. The molecule has 1 aliphatic rings. The molecule has 2 atom stereocenters. The van der Waals surface area contributed by atoms with Crippen LogP contribution in [-0.2, 0) is 6.54 Å². The molecule has 0 amide bonds. The Morgan fingerprint density at radius 3 is 2.60 bits per heavy atom. The Morgan fingerprint density at radius 2 is 2.07 bits per heavy atom. The van der Waals surface area contributed by atoms with Crippen LogP contribution in [-0.4, -0.2) is 28.7 Å². The van der Waals surface area contributed by atoms with E-state index in [-0.39, 0.29) is 0 Å². The molecular weight excluding hydrogens is 186 g/mol. The molecule has 15 heavy (non-hydrogen) atoms.